The third-order valence-corrected chi connectivity index (χ3v) is 8.03. The van der Waals surface area contributed by atoms with Crippen molar-refractivity contribution in [3.63, 3.8) is 0 Å². The van der Waals surface area contributed by atoms with Crippen LogP contribution in [0, 0.1) is 29.0 Å². The van der Waals surface area contributed by atoms with Gasteiger partial charge in [-0.2, -0.15) is 5.26 Å². The summed E-state index contributed by atoms with van der Waals surface area (Å²) in [4.78, 5) is 15.5. The average molecular weight is 492 g/mol. The van der Waals surface area contributed by atoms with Crippen molar-refractivity contribution in [3.8, 4) is 11.8 Å². The van der Waals surface area contributed by atoms with Gasteiger partial charge in [0.05, 0.1) is 24.8 Å². The van der Waals surface area contributed by atoms with Gasteiger partial charge in [-0.3, -0.25) is 15.1 Å². The number of hydrogen-bond donors (Lipinski definition) is 3. The van der Waals surface area contributed by atoms with Crippen LogP contribution in [-0.2, 0) is 11.3 Å². The number of carbonyl (C=O) groups is 1. The second-order valence-electron chi connectivity index (χ2n) is 10.3. The molecule has 3 aliphatic rings. The molecule has 3 fully saturated rings. The number of halogens is 1. The smallest absolute Gasteiger partial charge is 0.223 e. The van der Waals surface area contributed by atoms with Gasteiger partial charge in [0.2, 0.25) is 5.91 Å². The van der Waals surface area contributed by atoms with E-state index >= 15 is 0 Å². The molecule has 2 heterocycles. The Morgan fingerprint density at radius 2 is 2.08 bits per heavy atom. The van der Waals surface area contributed by atoms with Gasteiger partial charge >= 0.3 is 0 Å². The Balaban J connectivity index is 1.20. The summed E-state index contributed by atoms with van der Waals surface area (Å²) in [5.74, 6) is 0.689. The van der Waals surface area contributed by atoms with Crippen molar-refractivity contribution in [3.05, 3.63) is 65.0 Å². The summed E-state index contributed by atoms with van der Waals surface area (Å²) in [5, 5.41) is 12.6. The van der Waals surface area contributed by atoms with Crippen molar-refractivity contribution in [1.29, 1.82) is 5.26 Å². The fourth-order valence-corrected chi connectivity index (χ4v) is 6.17. The van der Waals surface area contributed by atoms with Crippen molar-refractivity contribution in [2.45, 2.75) is 56.8 Å². The van der Waals surface area contributed by atoms with E-state index in [-0.39, 0.29) is 29.7 Å². The van der Waals surface area contributed by atoms with E-state index in [2.05, 4.69) is 27.1 Å². The Hall–Kier alpha value is -2.99. The number of nitrogens with one attached hydrogen (secondary N) is 3. The van der Waals surface area contributed by atoms with E-state index in [1.165, 1.54) is 6.07 Å². The van der Waals surface area contributed by atoms with Crippen molar-refractivity contribution in [1.82, 2.24) is 21.1 Å². The maximum Gasteiger partial charge on any atom is 0.223 e. The fourth-order valence-electron chi connectivity index (χ4n) is 6.17. The molecule has 2 aromatic rings. The molecule has 7 nitrogen and oxygen atoms in total. The second kappa shape index (κ2) is 11.0. The molecule has 2 saturated heterocycles. The maximum atomic E-state index is 14.4. The summed E-state index contributed by atoms with van der Waals surface area (Å²) in [5.41, 5.74) is 9.13. The number of fused-ring (bicyclic) bond motifs is 1. The summed E-state index contributed by atoms with van der Waals surface area (Å²) < 4.78 is 19.8. The lowest BCUT2D eigenvalue weighted by Crippen LogP contribution is -2.50. The first-order valence-electron chi connectivity index (χ1n) is 12.9. The maximum absolute atomic E-state index is 14.4. The average Bonchev–Trinajstić information content (AvgIpc) is 3.33. The Bertz CT molecular complexity index is 1140. The van der Waals surface area contributed by atoms with Gasteiger partial charge in [-0.05, 0) is 74.4 Å². The number of amides is 1. The number of likely N-dealkylation sites (tertiary alicyclic amines) is 1. The van der Waals surface area contributed by atoms with Gasteiger partial charge in [0.1, 0.15) is 11.6 Å². The SMILES string of the molecule is COc1cccc(F)c1CN1CCC[C@@H](NC(=O)C2CCC3NNC(c4cccc(C#N)c4)C3C2)C1. The van der Waals surface area contributed by atoms with Crippen LogP contribution in [0.15, 0.2) is 42.5 Å². The van der Waals surface area contributed by atoms with E-state index in [0.717, 1.165) is 44.2 Å². The molecule has 5 rings (SSSR count). The number of benzene rings is 2. The van der Waals surface area contributed by atoms with Crippen LogP contribution >= 0.6 is 0 Å². The number of hydrogen-bond acceptors (Lipinski definition) is 6. The van der Waals surface area contributed by atoms with Gasteiger partial charge in [-0.25, -0.2) is 9.82 Å². The minimum Gasteiger partial charge on any atom is -0.496 e. The Morgan fingerprint density at radius 1 is 1.22 bits per heavy atom. The van der Waals surface area contributed by atoms with Gasteiger partial charge in [0.25, 0.3) is 0 Å². The number of methoxy groups -OCH3 is 1. The molecule has 3 N–H and O–H groups in total. The minimum atomic E-state index is -0.258. The molecule has 4 unspecified atom stereocenters. The van der Waals surface area contributed by atoms with E-state index in [9.17, 15) is 14.4 Å². The van der Waals surface area contributed by atoms with Gasteiger partial charge in [0, 0.05) is 36.7 Å². The molecule has 2 aromatic carbocycles. The van der Waals surface area contributed by atoms with Crippen LogP contribution in [0.25, 0.3) is 0 Å². The Morgan fingerprint density at radius 3 is 2.92 bits per heavy atom. The van der Waals surface area contributed by atoms with Crippen molar-refractivity contribution >= 4 is 5.91 Å². The molecule has 5 atom stereocenters. The van der Waals surface area contributed by atoms with Gasteiger partial charge in [0.15, 0.2) is 0 Å². The number of piperidine rings is 1. The van der Waals surface area contributed by atoms with E-state index < -0.39 is 0 Å². The van der Waals surface area contributed by atoms with E-state index in [1.807, 2.05) is 24.3 Å². The van der Waals surface area contributed by atoms with Crippen LogP contribution in [-0.4, -0.2) is 43.1 Å². The highest BCUT2D eigenvalue weighted by molar-refractivity contribution is 5.79. The van der Waals surface area contributed by atoms with Gasteiger partial charge < -0.3 is 10.1 Å². The lowest BCUT2D eigenvalue weighted by molar-refractivity contribution is -0.127. The van der Waals surface area contributed by atoms with Crippen LogP contribution in [0.3, 0.4) is 0 Å². The molecule has 0 spiro atoms. The summed E-state index contributed by atoms with van der Waals surface area (Å²) in [6, 6.07) is 15.3. The molecular weight excluding hydrogens is 457 g/mol. The summed E-state index contributed by atoms with van der Waals surface area (Å²) in [6.45, 7) is 2.04. The van der Waals surface area contributed by atoms with Crippen molar-refractivity contribution in [2.75, 3.05) is 20.2 Å². The van der Waals surface area contributed by atoms with Crippen LogP contribution in [0.2, 0.25) is 0 Å². The third-order valence-electron chi connectivity index (χ3n) is 8.03. The van der Waals surface area contributed by atoms with Crippen LogP contribution < -0.4 is 20.9 Å². The molecule has 1 aliphatic carbocycles. The number of hydrazine groups is 1. The molecule has 1 amide bonds. The molecule has 1 saturated carbocycles. The zero-order valence-electron chi connectivity index (χ0n) is 20.7. The number of carbonyl (C=O) groups excluding carboxylic acids is 1. The number of nitriles is 1. The van der Waals surface area contributed by atoms with Crippen molar-refractivity contribution < 1.29 is 13.9 Å². The predicted octanol–water partition coefficient (Wildman–Crippen LogP) is 3.42. The molecule has 190 valence electrons. The fraction of sp³-hybridized carbons (Fsp3) is 0.500. The predicted molar refractivity (Wildman–Crippen MR) is 134 cm³/mol. The van der Waals surface area contributed by atoms with Crippen LogP contribution in [0.1, 0.15) is 54.8 Å². The summed E-state index contributed by atoms with van der Waals surface area (Å²) in [6.07, 6.45) is 4.49. The zero-order valence-corrected chi connectivity index (χ0v) is 20.7. The number of nitrogens with zero attached hydrogens (tertiary/aromatic N) is 2. The third kappa shape index (κ3) is 5.24. The molecule has 0 aromatic heterocycles. The first kappa shape index (κ1) is 24.7. The first-order chi connectivity index (χ1) is 17.6. The lowest BCUT2D eigenvalue weighted by Gasteiger charge is -2.36. The monoisotopic (exact) mass is 491 g/mol. The second-order valence-corrected chi connectivity index (χ2v) is 10.3. The lowest BCUT2D eigenvalue weighted by atomic mass is 9.74. The molecule has 0 radical (unpaired) electrons. The molecule has 2 aliphatic heterocycles. The highest BCUT2D eigenvalue weighted by atomic mass is 19.1. The van der Waals surface area contributed by atoms with E-state index in [4.69, 9.17) is 4.74 Å². The summed E-state index contributed by atoms with van der Waals surface area (Å²) >= 11 is 0. The Kier molecular flexibility index (Phi) is 7.51. The standard InChI is InChI=1S/C28H34FN5O2/c1-36-26-9-3-8-24(29)23(26)17-34-12-4-7-21(16-34)31-28(35)20-10-11-25-22(14-20)27(33-32-25)19-6-2-5-18(13-19)15-30/h2-3,5-6,8-9,13,20-22,25,27,32-33H,4,7,10-12,14,16-17H2,1H3,(H,31,35)/t20?,21-,22?,25?,27?/m1/s1. The number of ether oxygens (including phenoxy) is 1. The van der Waals surface area contributed by atoms with E-state index in [1.54, 1.807) is 19.2 Å². The largest absolute Gasteiger partial charge is 0.496 e. The molecule has 36 heavy (non-hydrogen) atoms. The quantitative estimate of drug-likeness (QED) is 0.574. The zero-order chi connectivity index (χ0) is 25.1. The molecule has 0 bridgehead atoms. The van der Waals surface area contributed by atoms with E-state index in [0.29, 0.717) is 41.9 Å². The normalized spacial score (nSPS) is 28.2. The highest BCUT2D eigenvalue weighted by Crippen LogP contribution is 2.40. The van der Waals surface area contributed by atoms with Gasteiger partial charge in [-0.1, -0.05) is 18.2 Å². The minimum absolute atomic E-state index is 0.0309. The highest BCUT2D eigenvalue weighted by Gasteiger charge is 2.43. The van der Waals surface area contributed by atoms with Crippen molar-refractivity contribution in [2.24, 2.45) is 11.8 Å². The van der Waals surface area contributed by atoms with Gasteiger partial charge in [-0.15, -0.1) is 0 Å². The molecular formula is C28H34FN5O2. The molecule has 8 heteroatoms. The topological polar surface area (TPSA) is 89.4 Å². The Labute approximate surface area is 212 Å². The summed E-state index contributed by atoms with van der Waals surface area (Å²) in [7, 11) is 1.56. The number of rotatable bonds is 6. The van der Waals surface area contributed by atoms with Crippen LogP contribution in [0.4, 0.5) is 4.39 Å². The first-order valence-corrected chi connectivity index (χ1v) is 12.9. The van der Waals surface area contributed by atoms with Crippen LogP contribution in [0.5, 0.6) is 5.75 Å².